The van der Waals surface area contributed by atoms with E-state index in [1.807, 2.05) is 6.07 Å². The normalized spacial score (nSPS) is 19.2. The number of oxazole rings is 1. The number of hydrogen-bond donors (Lipinski definition) is 3. The first kappa shape index (κ1) is 42.5. The van der Waals surface area contributed by atoms with Crippen LogP contribution in [0.25, 0.3) is 22.5 Å². The van der Waals surface area contributed by atoms with Crippen LogP contribution < -0.4 is 21.6 Å². The van der Waals surface area contributed by atoms with Crippen molar-refractivity contribution in [1.82, 2.24) is 39.1 Å². The molecule has 5 heterocycles. The maximum atomic E-state index is 14.1. The average molecular weight is 853 g/mol. The Labute approximate surface area is 356 Å². The van der Waals surface area contributed by atoms with E-state index in [2.05, 4.69) is 54.8 Å². The van der Waals surface area contributed by atoms with Gasteiger partial charge in [-0.1, -0.05) is 11.8 Å². The number of piperidine rings is 1. The van der Waals surface area contributed by atoms with Gasteiger partial charge in [0.05, 0.1) is 22.8 Å². The molecule has 18 heteroatoms. The van der Waals surface area contributed by atoms with Crippen molar-refractivity contribution in [2.24, 2.45) is 18.9 Å². The molecule has 0 bridgehead atoms. The minimum Gasteiger partial charge on any atom is -0.444 e. The highest BCUT2D eigenvalue weighted by Crippen LogP contribution is 2.35. The molecule has 2 saturated carbocycles. The summed E-state index contributed by atoms with van der Waals surface area (Å²) in [5, 5.41) is 12.4. The number of amides is 3. The number of aromatic nitrogens is 6. The monoisotopic (exact) mass is 852 g/mol. The Balaban J connectivity index is 0.759. The van der Waals surface area contributed by atoms with E-state index in [1.165, 1.54) is 34.4 Å². The number of ether oxygens (including phenoxy) is 1. The van der Waals surface area contributed by atoms with Gasteiger partial charge >= 0.3 is 5.69 Å². The number of carbonyl (C=O) groups is 3. The van der Waals surface area contributed by atoms with Gasteiger partial charge in [0.15, 0.2) is 11.4 Å². The number of benzene rings is 1. The fraction of sp³-hybridized carbons (Fsp3) is 0.477. The average Bonchev–Trinajstić information content (AvgIpc) is 3.68. The summed E-state index contributed by atoms with van der Waals surface area (Å²) in [6.07, 6.45) is 8.56. The number of anilines is 2. The number of imide groups is 1. The number of imidazole rings is 1. The predicted octanol–water partition coefficient (Wildman–Crippen LogP) is 5.70. The molecule has 3 fully saturated rings. The third kappa shape index (κ3) is 9.95. The molecule has 0 spiro atoms. The molecular formula is C44H50F2N10O6. The molecule has 3 amide bonds. The van der Waals surface area contributed by atoms with Gasteiger partial charge in [0.1, 0.15) is 24.7 Å². The number of rotatable bonds is 16. The summed E-state index contributed by atoms with van der Waals surface area (Å²) in [5.74, 6) is 6.68. The molecule has 1 saturated heterocycles. The van der Waals surface area contributed by atoms with Crippen molar-refractivity contribution in [2.45, 2.75) is 76.3 Å². The summed E-state index contributed by atoms with van der Waals surface area (Å²) in [7, 11) is 3.73. The summed E-state index contributed by atoms with van der Waals surface area (Å²) in [4.78, 5) is 61.2. The number of fused-ring (bicyclic) bond motifs is 1. The Morgan fingerprint density at radius 3 is 2.65 bits per heavy atom. The number of aryl methyl sites for hydroxylation is 1. The van der Waals surface area contributed by atoms with Gasteiger partial charge in [-0.2, -0.15) is 5.10 Å². The molecule has 1 aliphatic heterocycles. The standard InChI is InChI=1S/C44H50F2N10O6/c1-53(18-4-20-61-19-3-5-27-10-13-34-36(21-27)54(2)44(60)56(34)35-14-15-38(57)51-42(35)59)24-29-8-11-31(12-9-29)55-25-32(39(52-55)40(45)46)49-41(58)33-26-62-43(50-33)30-16-17-47-37(22-30)48-23-28-6-7-28/h10,13,16-17,21-22,25-26,28-29,31,35,40H,4,6-9,11-12,14-15,18-20,23-24H2,1-2H3,(H,47,48)(H,49,58)(H,51,57,59). The van der Waals surface area contributed by atoms with Crippen LogP contribution in [0.3, 0.4) is 0 Å². The summed E-state index contributed by atoms with van der Waals surface area (Å²) in [6.45, 7) is 3.38. The highest BCUT2D eigenvalue weighted by molar-refractivity contribution is 6.03. The van der Waals surface area contributed by atoms with Crippen LogP contribution in [0.1, 0.15) is 98.0 Å². The van der Waals surface area contributed by atoms with Crippen LogP contribution in [-0.4, -0.2) is 91.4 Å². The van der Waals surface area contributed by atoms with E-state index in [-0.39, 0.29) is 54.4 Å². The van der Waals surface area contributed by atoms with Crippen molar-refractivity contribution < 1.29 is 32.3 Å². The van der Waals surface area contributed by atoms with E-state index in [9.17, 15) is 28.0 Å². The van der Waals surface area contributed by atoms with Crippen LogP contribution in [-0.2, 0) is 21.4 Å². The molecule has 62 heavy (non-hydrogen) atoms. The molecule has 1 unspecified atom stereocenters. The quantitative estimate of drug-likeness (QED) is 0.0629. The van der Waals surface area contributed by atoms with Gasteiger partial charge in [-0.15, -0.1) is 0 Å². The van der Waals surface area contributed by atoms with Crippen molar-refractivity contribution in [1.29, 1.82) is 0 Å². The number of nitrogens with one attached hydrogen (secondary N) is 3. The molecule has 326 valence electrons. The molecule has 1 aromatic carbocycles. The minimum atomic E-state index is -2.87. The molecule has 2 aliphatic carbocycles. The topological polar surface area (TPSA) is 183 Å². The number of nitrogens with zero attached hydrogens (tertiary/aromatic N) is 7. The van der Waals surface area contributed by atoms with E-state index in [4.69, 9.17) is 9.15 Å². The molecule has 3 aliphatic rings. The lowest BCUT2D eigenvalue weighted by Crippen LogP contribution is -2.44. The molecule has 1 atom stereocenters. The zero-order valence-electron chi connectivity index (χ0n) is 34.7. The third-order valence-corrected chi connectivity index (χ3v) is 11.8. The van der Waals surface area contributed by atoms with E-state index in [0.29, 0.717) is 46.4 Å². The number of alkyl halides is 2. The van der Waals surface area contributed by atoms with Crippen molar-refractivity contribution in [3.05, 3.63) is 76.4 Å². The summed E-state index contributed by atoms with van der Waals surface area (Å²) in [6, 6.07) is 8.11. The fourth-order valence-electron chi connectivity index (χ4n) is 8.27. The van der Waals surface area contributed by atoms with Crippen molar-refractivity contribution >= 4 is 40.3 Å². The van der Waals surface area contributed by atoms with E-state index >= 15 is 0 Å². The molecule has 4 aromatic heterocycles. The molecule has 16 nitrogen and oxygen atoms in total. The van der Waals surface area contributed by atoms with Crippen LogP contribution in [0.4, 0.5) is 20.3 Å². The minimum absolute atomic E-state index is 0.0365. The summed E-state index contributed by atoms with van der Waals surface area (Å²) < 4.78 is 44.1. The van der Waals surface area contributed by atoms with E-state index in [0.717, 1.165) is 51.7 Å². The summed E-state index contributed by atoms with van der Waals surface area (Å²) >= 11 is 0. The lowest BCUT2D eigenvalue weighted by molar-refractivity contribution is -0.135. The van der Waals surface area contributed by atoms with Crippen molar-refractivity contribution in [3.8, 4) is 23.3 Å². The molecule has 3 N–H and O–H groups in total. The zero-order chi connectivity index (χ0) is 43.3. The third-order valence-electron chi connectivity index (χ3n) is 11.8. The van der Waals surface area contributed by atoms with E-state index < -0.39 is 30.0 Å². The number of pyridine rings is 1. The van der Waals surface area contributed by atoms with Crippen LogP contribution in [0.15, 0.2) is 58.2 Å². The Hall–Kier alpha value is -6.19. The molecule has 8 rings (SSSR count). The van der Waals surface area contributed by atoms with Gasteiger partial charge in [-0.05, 0) is 101 Å². The van der Waals surface area contributed by atoms with Gasteiger partial charge in [-0.3, -0.25) is 33.5 Å². The second kappa shape index (κ2) is 18.8. The Morgan fingerprint density at radius 2 is 1.87 bits per heavy atom. The van der Waals surface area contributed by atoms with Crippen molar-refractivity contribution in [3.63, 3.8) is 0 Å². The second-order valence-electron chi connectivity index (χ2n) is 16.5. The molecule has 0 radical (unpaired) electrons. The van der Waals surface area contributed by atoms with E-state index in [1.54, 1.807) is 42.2 Å². The highest BCUT2D eigenvalue weighted by Gasteiger charge is 2.32. The van der Waals surface area contributed by atoms with Crippen LogP contribution >= 0.6 is 0 Å². The van der Waals surface area contributed by atoms with Gasteiger partial charge < -0.3 is 24.7 Å². The molecular weight excluding hydrogens is 803 g/mol. The number of halogens is 2. The maximum Gasteiger partial charge on any atom is 0.329 e. The predicted molar refractivity (Wildman–Crippen MR) is 225 cm³/mol. The largest absolute Gasteiger partial charge is 0.444 e. The van der Waals surface area contributed by atoms with Crippen LogP contribution in [0.2, 0.25) is 0 Å². The van der Waals surface area contributed by atoms with Gasteiger partial charge in [0.25, 0.3) is 12.3 Å². The molecule has 5 aromatic rings. The zero-order valence-corrected chi connectivity index (χ0v) is 34.7. The maximum absolute atomic E-state index is 14.1. The smallest absolute Gasteiger partial charge is 0.329 e. The van der Waals surface area contributed by atoms with Gasteiger partial charge in [0, 0.05) is 63.2 Å². The first-order chi connectivity index (χ1) is 30.0. The van der Waals surface area contributed by atoms with Crippen LogP contribution in [0.5, 0.6) is 0 Å². The van der Waals surface area contributed by atoms with Gasteiger partial charge in [-0.25, -0.2) is 23.5 Å². The fourth-order valence-corrected chi connectivity index (χ4v) is 8.27. The van der Waals surface area contributed by atoms with Crippen molar-refractivity contribution in [2.75, 3.05) is 50.5 Å². The Bertz CT molecular complexity index is 2560. The highest BCUT2D eigenvalue weighted by atomic mass is 19.3. The first-order valence-electron chi connectivity index (χ1n) is 21.1. The van der Waals surface area contributed by atoms with Crippen LogP contribution in [0, 0.1) is 23.7 Å². The lowest BCUT2D eigenvalue weighted by atomic mass is 9.86. The first-order valence-corrected chi connectivity index (χ1v) is 21.1. The lowest BCUT2D eigenvalue weighted by Gasteiger charge is -2.31. The Morgan fingerprint density at radius 1 is 1.06 bits per heavy atom. The SMILES string of the molecule is CN(CCCOCC#Cc1ccc2c(c1)n(C)c(=O)n2C1CCC(=O)NC1=O)CC1CCC(n2cc(NC(=O)c3coc(-c4ccnc(NCC5CC5)c4)n3)c(C(F)F)n2)CC1. The number of hydrogen-bond acceptors (Lipinski definition) is 11. The second-order valence-corrected chi connectivity index (χ2v) is 16.5. The summed E-state index contributed by atoms with van der Waals surface area (Å²) in [5.41, 5.74) is 1.71. The number of carbonyl (C=O) groups excluding carboxylic acids is 3. The van der Waals surface area contributed by atoms with Gasteiger partial charge in [0.2, 0.25) is 17.7 Å². The Kier molecular flexibility index (Phi) is 12.9.